The van der Waals surface area contributed by atoms with Crippen LogP contribution in [0.15, 0.2) is 54.6 Å². The third-order valence-electron chi connectivity index (χ3n) is 2.81. The first-order valence-electron chi connectivity index (χ1n) is 6.16. The highest BCUT2D eigenvalue weighted by atomic mass is 19.2. The highest BCUT2D eigenvalue weighted by Gasteiger charge is 2.11. The molecule has 3 heteroatoms. The maximum atomic E-state index is 14.0. The monoisotopic (exact) mass is 274 g/mol. The van der Waals surface area contributed by atoms with Crippen LogP contribution in [0.4, 0.5) is 13.2 Å². The Bertz CT molecular complexity index is 635. The number of hydrogen-bond acceptors (Lipinski definition) is 0. The van der Waals surface area contributed by atoms with Crippen LogP contribution in [0.2, 0.25) is 0 Å². The van der Waals surface area contributed by atoms with Crippen LogP contribution in [0.1, 0.15) is 23.6 Å². The summed E-state index contributed by atoms with van der Waals surface area (Å²) in [6.45, 7) is 1.88. The van der Waals surface area contributed by atoms with Gasteiger partial charge in [-0.3, -0.25) is 0 Å². The largest absolute Gasteiger partial charge is 0.207 e. The molecule has 0 bridgehead atoms. The highest BCUT2D eigenvalue weighted by molar-refractivity contribution is 5.83. The van der Waals surface area contributed by atoms with Gasteiger partial charge in [-0.05, 0) is 36.8 Å². The predicted molar refractivity (Wildman–Crippen MR) is 76.6 cm³/mol. The second-order valence-electron chi connectivity index (χ2n) is 4.26. The van der Waals surface area contributed by atoms with Crippen LogP contribution in [0.5, 0.6) is 0 Å². The van der Waals surface area contributed by atoms with E-state index < -0.39 is 17.5 Å². The summed E-state index contributed by atoms with van der Waals surface area (Å²) in [5.74, 6) is -2.44. The van der Waals surface area contributed by atoms with E-state index in [4.69, 9.17) is 0 Å². The second-order valence-corrected chi connectivity index (χ2v) is 4.26. The van der Waals surface area contributed by atoms with Gasteiger partial charge in [-0.25, -0.2) is 13.2 Å². The summed E-state index contributed by atoms with van der Waals surface area (Å²) < 4.78 is 40.7. The first-order chi connectivity index (χ1) is 9.61. The van der Waals surface area contributed by atoms with Gasteiger partial charge in [0.05, 0.1) is 0 Å². The van der Waals surface area contributed by atoms with Crippen molar-refractivity contribution in [2.45, 2.75) is 6.92 Å². The fourth-order valence-corrected chi connectivity index (χ4v) is 1.78. The van der Waals surface area contributed by atoms with Crippen LogP contribution in [-0.4, -0.2) is 0 Å². The van der Waals surface area contributed by atoms with E-state index in [0.29, 0.717) is 0 Å². The van der Waals surface area contributed by atoms with E-state index in [1.807, 2.05) is 19.1 Å². The van der Waals surface area contributed by atoms with Crippen molar-refractivity contribution in [3.8, 4) is 0 Å². The van der Waals surface area contributed by atoms with Crippen LogP contribution in [0.25, 0.3) is 17.7 Å². The molecule has 0 saturated carbocycles. The van der Waals surface area contributed by atoms with Crippen LogP contribution >= 0.6 is 0 Å². The Morgan fingerprint density at radius 1 is 0.800 bits per heavy atom. The minimum absolute atomic E-state index is 0.0152. The van der Waals surface area contributed by atoms with Gasteiger partial charge < -0.3 is 0 Å². The third-order valence-corrected chi connectivity index (χ3v) is 2.81. The van der Waals surface area contributed by atoms with E-state index in [0.717, 1.165) is 17.7 Å². The van der Waals surface area contributed by atoms with E-state index in [1.165, 1.54) is 24.3 Å². The SMILES string of the molecule is CC=Cc1ccc(C(F)=C(F)c2ccc(F)cc2)cc1. The summed E-state index contributed by atoms with van der Waals surface area (Å²) in [4.78, 5) is 0. The van der Waals surface area contributed by atoms with E-state index in [-0.39, 0.29) is 11.1 Å². The molecule has 0 aliphatic carbocycles. The molecule has 2 aromatic carbocycles. The maximum Gasteiger partial charge on any atom is 0.166 e. The average molecular weight is 274 g/mol. The maximum absolute atomic E-state index is 14.0. The first kappa shape index (κ1) is 14.1. The molecule has 0 unspecified atom stereocenters. The number of hydrogen-bond donors (Lipinski definition) is 0. The topological polar surface area (TPSA) is 0 Å². The molecule has 0 radical (unpaired) electrons. The quantitative estimate of drug-likeness (QED) is 0.637. The normalized spacial score (nSPS) is 12.6. The molecule has 2 rings (SSSR count). The number of halogens is 3. The summed E-state index contributed by atoms with van der Waals surface area (Å²) >= 11 is 0. The van der Waals surface area contributed by atoms with E-state index in [2.05, 4.69) is 0 Å². The van der Waals surface area contributed by atoms with Crippen molar-refractivity contribution in [3.05, 3.63) is 77.1 Å². The van der Waals surface area contributed by atoms with Crippen molar-refractivity contribution in [1.29, 1.82) is 0 Å². The Labute approximate surface area is 115 Å². The molecule has 0 N–H and O–H groups in total. The minimum atomic E-state index is -0.996. The van der Waals surface area contributed by atoms with Crippen LogP contribution in [0.3, 0.4) is 0 Å². The molecule has 0 saturated heterocycles. The molecule has 0 aliphatic heterocycles. The van der Waals surface area contributed by atoms with Gasteiger partial charge in [-0.2, -0.15) is 0 Å². The molecule has 0 amide bonds. The van der Waals surface area contributed by atoms with Gasteiger partial charge >= 0.3 is 0 Å². The fourth-order valence-electron chi connectivity index (χ4n) is 1.78. The summed E-state index contributed by atoms with van der Waals surface area (Å²) in [7, 11) is 0. The molecule has 0 heterocycles. The van der Waals surface area contributed by atoms with Crippen LogP contribution in [-0.2, 0) is 0 Å². The lowest BCUT2D eigenvalue weighted by Crippen LogP contribution is -1.85. The van der Waals surface area contributed by atoms with Gasteiger partial charge in [0, 0.05) is 11.1 Å². The zero-order valence-corrected chi connectivity index (χ0v) is 10.9. The molecule has 0 atom stereocenters. The smallest absolute Gasteiger partial charge is 0.166 e. The van der Waals surface area contributed by atoms with Gasteiger partial charge in [0.25, 0.3) is 0 Å². The molecule has 2 aromatic rings. The predicted octanol–water partition coefficient (Wildman–Crippen LogP) is 5.62. The molecule has 102 valence electrons. The van der Waals surface area contributed by atoms with E-state index in [1.54, 1.807) is 12.1 Å². The summed E-state index contributed by atoms with van der Waals surface area (Å²) in [6.07, 6.45) is 3.72. The molecular formula is C17H13F3. The van der Waals surface area contributed by atoms with Gasteiger partial charge in [-0.1, -0.05) is 36.4 Å². The lowest BCUT2D eigenvalue weighted by molar-refractivity contribution is 0.627. The molecule has 0 aromatic heterocycles. The molecular weight excluding hydrogens is 261 g/mol. The zero-order valence-electron chi connectivity index (χ0n) is 10.9. The van der Waals surface area contributed by atoms with Crippen molar-refractivity contribution >= 4 is 17.7 Å². The van der Waals surface area contributed by atoms with Gasteiger partial charge in [0.15, 0.2) is 11.7 Å². The van der Waals surface area contributed by atoms with Gasteiger partial charge in [0.2, 0.25) is 0 Å². The first-order valence-corrected chi connectivity index (χ1v) is 6.16. The third kappa shape index (κ3) is 3.18. The average Bonchev–Trinajstić information content (AvgIpc) is 2.48. The lowest BCUT2D eigenvalue weighted by atomic mass is 10.1. The van der Waals surface area contributed by atoms with Crippen molar-refractivity contribution in [1.82, 2.24) is 0 Å². The van der Waals surface area contributed by atoms with Crippen molar-refractivity contribution < 1.29 is 13.2 Å². The Kier molecular flexibility index (Phi) is 4.41. The van der Waals surface area contributed by atoms with Gasteiger partial charge in [-0.15, -0.1) is 0 Å². The molecule has 20 heavy (non-hydrogen) atoms. The number of benzene rings is 2. The number of allylic oxidation sites excluding steroid dienone is 1. The Morgan fingerprint density at radius 3 is 1.70 bits per heavy atom. The van der Waals surface area contributed by atoms with Crippen LogP contribution in [0, 0.1) is 5.82 Å². The van der Waals surface area contributed by atoms with Crippen molar-refractivity contribution in [2.75, 3.05) is 0 Å². The molecule has 0 nitrogen and oxygen atoms in total. The number of rotatable bonds is 3. The second kappa shape index (κ2) is 6.24. The minimum Gasteiger partial charge on any atom is -0.207 e. The van der Waals surface area contributed by atoms with Crippen molar-refractivity contribution in [2.24, 2.45) is 0 Å². The molecule has 0 spiro atoms. The Morgan fingerprint density at radius 2 is 1.25 bits per heavy atom. The van der Waals surface area contributed by atoms with E-state index in [9.17, 15) is 13.2 Å². The Hall–Kier alpha value is -2.29. The van der Waals surface area contributed by atoms with Crippen LogP contribution < -0.4 is 0 Å². The Balaban J connectivity index is 2.34. The summed E-state index contributed by atoms with van der Waals surface area (Å²) in [6, 6.07) is 11.0. The van der Waals surface area contributed by atoms with E-state index >= 15 is 0 Å². The standard InChI is InChI=1S/C17H13F3/c1-2-3-12-4-6-13(7-5-12)16(19)17(20)14-8-10-15(18)11-9-14/h2-11H,1H3. The van der Waals surface area contributed by atoms with Gasteiger partial charge in [0.1, 0.15) is 5.82 Å². The fraction of sp³-hybridized carbons (Fsp3) is 0.0588. The zero-order chi connectivity index (χ0) is 14.5. The lowest BCUT2D eigenvalue weighted by Gasteiger charge is -2.03. The summed E-state index contributed by atoms with van der Waals surface area (Å²) in [5.41, 5.74) is 1.08. The molecule has 0 fully saturated rings. The van der Waals surface area contributed by atoms with Crippen molar-refractivity contribution in [3.63, 3.8) is 0 Å². The molecule has 0 aliphatic rings. The summed E-state index contributed by atoms with van der Waals surface area (Å²) in [5, 5.41) is 0. The highest BCUT2D eigenvalue weighted by Crippen LogP contribution is 2.29.